The Labute approximate surface area is 50.9 Å². The van der Waals surface area contributed by atoms with Gasteiger partial charge in [0.25, 0.3) is 11.7 Å². The number of hydrogen-bond acceptors (Lipinski definition) is 4. The number of aliphatic hydroxyl groups is 3. The van der Waals surface area contributed by atoms with Crippen LogP contribution in [0.15, 0.2) is 0 Å². The summed E-state index contributed by atoms with van der Waals surface area (Å²) in [4.78, 5) is 10.3. The van der Waals surface area contributed by atoms with E-state index in [1.54, 1.807) is 0 Å². The van der Waals surface area contributed by atoms with E-state index >= 15 is 0 Å². The lowest BCUT2D eigenvalue weighted by molar-refractivity contribution is -0.204. The monoisotopic (exact) mass is 133 g/mol. The van der Waals surface area contributed by atoms with Crippen LogP contribution in [0.2, 0.25) is 0 Å². The van der Waals surface area contributed by atoms with Crippen molar-refractivity contribution < 1.29 is 20.1 Å². The largest absolute Gasteiger partial charge is 0.385 e. The summed E-state index contributed by atoms with van der Waals surface area (Å²) in [5.41, 5.74) is 0. The molecule has 1 saturated heterocycles. The summed E-state index contributed by atoms with van der Waals surface area (Å²) in [6.45, 7) is -0.105. The van der Waals surface area contributed by atoms with Crippen LogP contribution < -0.4 is 5.32 Å². The Morgan fingerprint density at radius 3 is 2.33 bits per heavy atom. The first kappa shape index (κ1) is 6.47. The topological polar surface area (TPSA) is 89.8 Å². The van der Waals surface area contributed by atoms with Crippen LogP contribution in [0, 0.1) is 0 Å². The predicted molar refractivity (Wildman–Crippen MR) is 26.2 cm³/mol. The molecule has 5 heteroatoms. The summed E-state index contributed by atoms with van der Waals surface area (Å²) in [5, 5.41) is 28.0. The van der Waals surface area contributed by atoms with Gasteiger partial charge >= 0.3 is 0 Å². The average molecular weight is 133 g/mol. The van der Waals surface area contributed by atoms with Crippen LogP contribution >= 0.6 is 0 Å². The number of carbonyl (C=O) groups excluding carboxylic acids is 1. The molecule has 0 saturated carbocycles. The number of amides is 1. The van der Waals surface area contributed by atoms with Gasteiger partial charge in [-0.1, -0.05) is 0 Å². The SMILES string of the molecule is O=C1NCC(O)C1(O)O. The van der Waals surface area contributed by atoms with Crippen molar-refractivity contribution in [2.75, 3.05) is 6.54 Å². The van der Waals surface area contributed by atoms with Crippen molar-refractivity contribution >= 4 is 5.91 Å². The fraction of sp³-hybridized carbons (Fsp3) is 0.750. The maximum atomic E-state index is 10.3. The number of rotatable bonds is 0. The summed E-state index contributed by atoms with van der Waals surface area (Å²) < 4.78 is 0. The Morgan fingerprint density at radius 2 is 2.22 bits per heavy atom. The van der Waals surface area contributed by atoms with Crippen molar-refractivity contribution in [2.45, 2.75) is 11.9 Å². The number of β-amino-alcohol motifs (C(OH)–C–C–N with tert-alkyl or cyclic N) is 1. The van der Waals surface area contributed by atoms with E-state index in [1.165, 1.54) is 0 Å². The first-order valence-corrected chi connectivity index (χ1v) is 2.46. The number of carbonyl (C=O) groups is 1. The van der Waals surface area contributed by atoms with Gasteiger partial charge in [0.2, 0.25) is 0 Å². The van der Waals surface area contributed by atoms with Gasteiger partial charge in [-0.2, -0.15) is 0 Å². The lowest BCUT2D eigenvalue weighted by Gasteiger charge is -2.13. The highest BCUT2D eigenvalue weighted by Gasteiger charge is 2.46. The standard InChI is InChI=1S/C4H7NO4/c6-2-1-5-3(7)4(2,8)9/h2,6,8-9H,1H2,(H,5,7). The lowest BCUT2D eigenvalue weighted by atomic mass is 10.2. The second kappa shape index (κ2) is 1.66. The molecule has 1 aliphatic rings. The molecule has 1 rings (SSSR count). The predicted octanol–water partition coefficient (Wildman–Crippen LogP) is -2.84. The fourth-order valence-electron chi connectivity index (χ4n) is 0.613. The minimum atomic E-state index is -2.58. The molecular formula is C4H7NO4. The highest BCUT2D eigenvalue weighted by molar-refractivity contribution is 5.86. The van der Waals surface area contributed by atoms with E-state index in [-0.39, 0.29) is 6.54 Å². The molecule has 0 aromatic heterocycles. The molecule has 0 aromatic carbocycles. The van der Waals surface area contributed by atoms with E-state index in [0.717, 1.165) is 0 Å². The molecule has 1 fully saturated rings. The second-order valence-electron chi connectivity index (χ2n) is 1.95. The minimum Gasteiger partial charge on any atom is -0.385 e. The van der Waals surface area contributed by atoms with Crippen LogP contribution in [0.4, 0.5) is 0 Å². The zero-order chi connectivity index (χ0) is 7.07. The van der Waals surface area contributed by atoms with Gasteiger partial charge in [-0.3, -0.25) is 4.79 Å². The van der Waals surface area contributed by atoms with Gasteiger partial charge in [0.15, 0.2) is 0 Å². The Kier molecular flexibility index (Phi) is 1.20. The molecule has 9 heavy (non-hydrogen) atoms. The highest BCUT2D eigenvalue weighted by atomic mass is 16.5. The normalized spacial score (nSPS) is 32.3. The van der Waals surface area contributed by atoms with Crippen LogP contribution in [0.3, 0.4) is 0 Å². The van der Waals surface area contributed by atoms with E-state index in [2.05, 4.69) is 5.32 Å². The summed E-state index contributed by atoms with van der Waals surface area (Å²) in [6, 6.07) is 0. The molecule has 1 aliphatic heterocycles. The maximum absolute atomic E-state index is 10.3. The molecule has 0 bridgehead atoms. The van der Waals surface area contributed by atoms with E-state index in [0.29, 0.717) is 0 Å². The smallest absolute Gasteiger partial charge is 0.282 e. The third-order valence-corrected chi connectivity index (χ3v) is 1.25. The average Bonchev–Trinajstić information content (AvgIpc) is 1.96. The van der Waals surface area contributed by atoms with Crippen molar-refractivity contribution in [3.63, 3.8) is 0 Å². The number of aliphatic hydroxyl groups excluding tert-OH is 1. The number of hydrogen-bond donors (Lipinski definition) is 4. The van der Waals surface area contributed by atoms with Crippen molar-refractivity contribution in [1.29, 1.82) is 0 Å². The van der Waals surface area contributed by atoms with Crippen molar-refractivity contribution in [3.05, 3.63) is 0 Å². The van der Waals surface area contributed by atoms with Gasteiger partial charge in [-0.15, -0.1) is 0 Å². The second-order valence-corrected chi connectivity index (χ2v) is 1.95. The molecule has 0 aromatic rings. The molecule has 5 nitrogen and oxygen atoms in total. The Hall–Kier alpha value is -0.650. The first-order chi connectivity index (χ1) is 4.05. The molecule has 0 spiro atoms. The fourth-order valence-corrected chi connectivity index (χ4v) is 0.613. The highest BCUT2D eigenvalue weighted by Crippen LogP contribution is 2.11. The quantitative estimate of drug-likeness (QED) is 0.268. The molecule has 0 aliphatic carbocycles. The summed E-state index contributed by atoms with van der Waals surface area (Å²) in [6.07, 6.45) is -1.41. The van der Waals surface area contributed by atoms with Crippen LogP contribution in [0.1, 0.15) is 0 Å². The molecule has 0 radical (unpaired) electrons. The van der Waals surface area contributed by atoms with Gasteiger partial charge in [0.1, 0.15) is 6.10 Å². The molecule has 4 N–H and O–H groups in total. The van der Waals surface area contributed by atoms with Gasteiger partial charge in [0, 0.05) is 6.54 Å². The van der Waals surface area contributed by atoms with E-state index in [9.17, 15) is 4.79 Å². The van der Waals surface area contributed by atoms with E-state index < -0.39 is 17.8 Å². The molecular weight excluding hydrogens is 126 g/mol. The van der Waals surface area contributed by atoms with Crippen molar-refractivity contribution in [3.8, 4) is 0 Å². The zero-order valence-corrected chi connectivity index (χ0v) is 4.53. The molecule has 1 atom stereocenters. The van der Waals surface area contributed by atoms with Crippen LogP contribution in [0.25, 0.3) is 0 Å². The molecule has 1 amide bonds. The summed E-state index contributed by atoms with van der Waals surface area (Å²) in [5.74, 6) is -3.53. The summed E-state index contributed by atoms with van der Waals surface area (Å²) >= 11 is 0. The third-order valence-electron chi connectivity index (χ3n) is 1.25. The maximum Gasteiger partial charge on any atom is 0.282 e. The van der Waals surface area contributed by atoms with Crippen LogP contribution in [0.5, 0.6) is 0 Å². The molecule has 1 unspecified atom stereocenters. The number of nitrogens with one attached hydrogen (secondary N) is 1. The van der Waals surface area contributed by atoms with E-state index in [4.69, 9.17) is 15.3 Å². The van der Waals surface area contributed by atoms with Gasteiger partial charge in [0.05, 0.1) is 0 Å². The van der Waals surface area contributed by atoms with Crippen LogP contribution in [-0.2, 0) is 4.79 Å². The third kappa shape index (κ3) is 0.787. The Morgan fingerprint density at radius 1 is 1.67 bits per heavy atom. The van der Waals surface area contributed by atoms with E-state index in [1.807, 2.05) is 0 Å². The Bertz CT molecular complexity index is 144. The van der Waals surface area contributed by atoms with Crippen molar-refractivity contribution in [2.24, 2.45) is 0 Å². The zero-order valence-electron chi connectivity index (χ0n) is 4.53. The minimum absolute atomic E-state index is 0.105. The van der Waals surface area contributed by atoms with Gasteiger partial charge < -0.3 is 20.6 Å². The molecule has 1 heterocycles. The van der Waals surface area contributed by atoms with Crippen molar-refractivity contribution in [1.82, 2.24) is 5.32 Å². The Balaban J connectivity index is 2.78. The summed E-state index contributed by atoms with van der Waals surface area (Å²) in [7, 11) is 0. The van der Waals surface area contributed by atoms with Gasteiger partial charge in [-0.25, -0.2) is 0 Å². The van der Waals surface area contributed by atoms with Crippen LogP contribution in [-0.4, -0.2) is 39.7 Å². The van der Waals surface area contributed by atoms with Gasteiger partial charge in [-0.05, 0) is 0 Å². The molecule has 52 valence electrons. The first-order valence-electron chi connectivity index (χ1n) is 2.46. The lowest BCUT2D eigenvalue weighted by Crippen LogP contribution is -2.45.